The normalized spacial score (nSPS) is 10.2. The molecular weight excluding hydrogens is 268 g/mol. The number of amides is 1. The number of hydrogen-bond acceptors (Lipinski definition) is 3. The van der Waals surface area contributed by atoms with Crippen LogP contribution in [-0.4, -0.2) is 37.0 Å². The van der Waals surface area contributed by atoms with E-state index in [9.17, 15) is 18.4 Å². The molecule has 0 aliphatic rings. The van der Waals surface area contributed by atoms with Crippen LogP contribution < -0.4 is 0 Å². The summed E-state index contributed by atoms with van der Waals surface area (Å²) in [6.45, 7) is 2.32. The van der Waals surface area contributed by atoms with Gasteiger partial charge in [-0.15, -0.1) is 0 Å². The van der Waals surface area contributed by atoms with E-state index >= 15 is 0 Å². The molecule has 1 aromatic rings. The smallest absolute Gasteiger partial charge is 0.307 e. The Labute approximate surface area is 116 Å². The van der Waals surface area contributed by atoms with Crippen molar-refractivity contribution in [1.82, 2.24) is 4.90 Å². The number of carbonyl (C=O) groups excluding carboxylic acids is 2. The lowest BCUT2D eigenvalue weighted by Crippen LogP contribution is -2.34. The Kier molecular flexibility index (Phi) is 6.09. The van der Waals surface area contributed by atoms with Crippen molar-refractivity contribution in [3.05, 3.63) is 35.4 Å². The fraction of sp³-hybridized carbons (Fsp3) is 0.429. The van der Waals surface area contributed by atoms with E-state index in [1.54, 1.807) is 6.92 Å². The molecular formula is C14H17F2NO3. The molecule has 1 rings (SSSR count). The highest BCUT2D eigenvalue weighted by Gasteiger charge is 2.17. The Morgan fingerprint density at radius 3 is 2.60 bits per heavy atom. The van der Waals surface area contributed by atoms with Crippen LogP contribution in [0.4, 0.5) is 8.78 Å². The minimum Gasteiger partial charge on any atom is -0.469 e. The summed E-state index contributed by atoms with van der Waals surface area (Å²) >= 11 is 0. The maximum absolute atomic E-state index is 13.5. The number of ether oxygens (including phenoxy) is 1. The lowest BCUT2D eigenvalue weighted by molar-refractivity contribution is -0.141. The minimum absolute atomic E-state index is 0.00604. The van der Waals surface area contributed by atoms with Crippen LogP contribution in [0.5, 0.6) is 0 Å². The average molecular weight is 285 g/mol. The summed E-state index contributed by atoms with van der Waals surface area (Å²) in [5.74, 6) is -2.77. The largest absolute Gasteiger partial charge is 0.469 e. The number of halogens is 2. The van der Waals surface area contributed by atoms with E-state index < -0.39 is 17.6 Å². The molecule has 0 bridgehead atoms. The van der Waals surface area contributed by atoms with Crippen molar-refractivity contribution < 1.29 is 23.1 Å². The van der Waals surface area contributed by atoms with Gasteiger partial charge in [-0.25, -0.2) is 8.78 Å². The highest BCUT2D eigenvalue weighted by atomic mass is 19.2. The number of likely N-dealkylation sites (N-methyl/N-ethyl adjacent to an activating group) is 1. The number of carbonyl (C=O) groups is 2. The van der Waals surface area contributed by atoms with Gasteiger partial charge in [0.1, 0.15) is 0 Å². The number of methoxy groups -OCH3 is 1. The Balaban J connectivity index is 2.67. The van der Waals surface area contributed by atoms with E-state index in [4.69, 9.17) is 0 Å². The first-order valence-corrected chi connectivity index (χ1v) is 6.27. The lowest BCUT2D eigenvalue weighted by Gasteiger charge is -2.20. The van der Waals surface area contributed by atoms with E-state index in [0.717, 1.165) is 6.07 Å². The molecule has 20 heavy (non-hydrogen) atoms. The molecule has 0 atom stereocenters. The number of nitrogens with zero attached hydrogens (tertiary/aromatic N) is 1. The van der Waals surface area contributed by atoms with Gasteiger partial charge < -0.3 is 9.64 Å². The summed E-state index contributed by atoms with van der Waals surface area (Å²) in [6, 6.07) is 3.72. The van der Waals surface area contributed by atoms with Gasteiger partial charge in [-0.1, -0.05) is 12.1 Å². The van der Waals surface area contributed by atoms with Crippen molar-refractivity contribution in [1.29, 1.82) is 0 Å². The first kappa shape index (κ1) is 16.1. The van der Waals surface area contributed by atoms with Crippen molar-refractivity contribution in [2.24, 2.45) is 0 Å². The number of rotatable bonds is 6. The molecule has 0 heterocycles. The summed E-state index contributed by atoms with van der Waals surface area (Å²) in [5, 5.41) is 0. The topological polar surface area (TPSA) is 46.6 Å². The Morgan fingerprint density at radius 2 is 2.00 bits per heavy atom. The highest BCUT2D eigenvalue weighted by molar-refractivity contribution is 5.79. The lowest BCUT2D eigenvalue weighted by atomic mass is 10.1. The second-order valence-corrected chi connectivity index (χ2v) is 4.19. The molecule has 0 saturated carbocycles. The summed E-state index contributed by atoms with van der Waals surface area (Å²) in [5.41, 5.74) is 0.00604. The molecule has 4 nitrogen and oxygen atoms in total. The zero-order valence-corrected chi connectivity index (χ0v) is 11.5. The summed E-state index contributed by atoms with van der Waals surface area (Å²) in [4.78, 5) is 24.4. The predicted octanol–water partition coefficient (Wildman–Crippen LogP) is 1.92. The number of esters is 1. The van der Waals surface area contributed by atoms with Crippen LogP contribution in [0.3, 0.4) is 0 Å². The Hall–Kier alpha value is -1.98. The van der Waals surface area contributed by atoms with Crippen molar-refractivity contribution in [2.45, 2.75) is 19.8 Å². The third kappa shape index (κ3) is 4.29. The van der Waals surface area contributed by atoms with Crippen molar-refractivity contribution in [3.8, 4) is 0 Å². The fourth-order valence-electron chi connectivity index (χ4n) is 1.75. The van der Waals surface area contributed by atoms with Crippen molar-refractivity contribution >= 4 is 11.9 Å². The molecule has 1 amide bonds. The molecule has 0 N–H and O–H groups in total. The second-order valence-electron chi connectivity index (χ2n) is 4.19. The van der Waals surface area contributed by atoms with Crippen LogP contribution in [0.1, 0.15) is 18.9 Å². The van der Waals surface area contributed by atoms with Gasteiger partial charge >= 0.3 is 5.97 Å². The summed E-state index contributed by atoms with van der Waals surface area (Å²) < 4.78 is 31.0. The molecule has 0 spiro atoms. The highest BCUT2D eigenvalue weighted by Crippen LogP contribution is 2.13. The fourth-order valence-corrected chi connectivity index (χ4v) is 1.75. The summed E-state index contributed by atoms with van der Waals surface area (Å²) in [7, 11) is 1.27. The van der Waals surface area contributed by atoms with Crippen LogP contribution in [0, 0.1) is 11.6 Å². The molecule has 0 aromatic heterocycles. The van der Waals surface area contributed by atoms with Crippen molar-refractivity contribution in [3.63, 3.8) is 0 Å². The minimum atomic E-state index is -1.01. The van der Waals surface area contributed by atoms with E-state index in [-0.39, 0.29) is 30.9 Å². The molecule has 0 aliphatic heterocycles. The third-order valence-electron chi connectivity index (χ3n) is 2.92. The zero-order valence-electron chi connectivity index (χ0n) is 11.5. The Bertz CT molecular complexity index is 491. The van der Waals surface area contributed by atoms with E-state index in [0.29, 0.717) is 6.54 Å². The quantitative estimate of drug-likeness (QED) is 0.750. The molecule has 0 unspecified atom stereocenters. The molecule has 0 fully saturated rings. The van der Waals surface area contributed by atoms with Crippen molar-refractivity contribution in [2.75, 3.05) is 20.2 Å². The van der Waals surface area contributed by atoms with Gasteiger partial charge in [-0.3, -0.25) is 9.59 Å². The van der Waals surface area contributed by atoms with Gasteiger partial charge in [-0.2, -0.15) is 0 Å². The first-order valence-electron chi connectivity index (χ1n) is 6.27. The first-order chi connectivity index (χ1) is 9.49. The van der Waals surface area contributed by atoms with Gasteiger partial charge in [0.15, 0.2) is 11.6 Å². The van der Waals surface area contributed by atoms with Crippen LogP contribution in [-0.2, 0) is 20.7 Å². The van der Waals surface area contributed by atoms with Crippen LogP contribution in [0.2, 0.25) is 0 Å². The van der Waals surface area contributed by atoms with Crippen LogP contribution >= 0.6 is 0 Å². The van der Waals surface area contributed by atoms with E-state index in [2.05, 4.69) is 4.74 Å². The van der Waals surface area contributed by atoms with Gasteiger partial charge in [0.05, 0.1) is 20.0 Å². The van der Waals surface area contributed by atoms with E-state index in [1.165, 1.54) is 24.1 Å². The Morgan fingerprint density at radius 1 is 1.30 bits per heavy atom. The molecule has 0 aliphatic carbocycles. The number of hydrogen-bond donors (Lipinski definition) is 0. The monoisotopic (exact) mass is 285 g/mol. The molecule has 6 heteroatoms. The maximum Gasteiger partial charge on any atom is 0.307 e. The van der Waals surface area contributed by atoms with E-state index in [1.807, 2.05) is 0 Å². The van der Waals surface area contributed by atoms with Gasteiger partial charge in [0.25, 0.3) is 0 Å². The second kappa shape index (κ2) is 7.57. The summed E-state index contributed by atoms with van der Waals surface area (Å²) in [6.07, 6.45) is -0.166. The predicted molar refractivity (Wildman–Crippen MR) is 68.9 cm³/mol. The van der Waals surface area contributed by atoms with Crippen LogP contribution in [0.15, 0.2) is 18.2 Å². The SMILES string of the molecule is CCN(CCC(=O)OC)C(=O)Cc1cccc(F)c1F. The molecule has 110 valence electrons. The van der Waals surface area contributed by atoms with Gasteiger partial charge in [0.2, 0.25) is 5.91 Å². The van der Waals surface area contributed by atoms with Gasteiger partial charge in [-0.05, 0) is 13.0 Å². The zero-order chi connectivity index (χ0) is 15.1. The number of benzene rings is 1. The third-order valence-corrected chi connectivity index (χ3v) is 2.92. The average Bonchev–Trinajstić information content (AvgIpc) is 2.44. The maximum atomic E-state index is 13.5. The molecule has 1 aromatic carbocycles. The standard InChI is InChI=1S/C14H17F2NO3/c1-3-17(8-7-13(19)20-2)12(18)9-10-5-4-6-11(15)14(10)16/h4-6H,3,7-9H2,1-2H3. The molecule has 0 saturated heterocycles. The van der Waals surface area contributed by atoms with Gasteiger partial charge in [0, 0.05) is 18.7 Å². The van der Waals surface area contributed by atoms with Crippen LogP contribution in [0.25, 0.3) is 0 Å². The molecule has 0 radical (unpaired) electrons.